The topological polar surface area (TPSA) is 45.6 Å². The number of nitrogens with zero attached hydrogens (tertiary/aromatic N) is 3. The molecular formula is C25H21N3OS. The largest absolute Gasteiger partial charge is 0.273 e. The smallest absolute Gasteiger partial charge is 0.267 e. The number of rotatable bonds is 5. The van der Waals surface area contributed by atoms with Crippen LogP contribution >= 0.6 is 11.3 Å². The average molecular weight is 412 g/mol. The maximum Gasteiger partial charge on any atom is 0.273 e. The lowest BCUT2D eigenvalue weighted by atomic mass is 10.2. The van der Waals surface area contributed by atoms with Crippen molar-refractivity contribution in [3.63, 3.8) is 0 Å². The van der Waals surface area contributed by atoms with Gasteiger partial charge in [0.15, 0.2) is 0 Å². The van der Waals surface area contributed by atoms with Crippen LogP contribution in [0.2, 0.25) is 0 Å². The van der Waals surface area contributed by atoms with E-state index >= 15 is 0 Å². The number of carbonyl (C=O) groups excluding carboxylic acids is 1. The van der Waals surface area contributed by atoms with Crippen LogP contribution < -0.4 is 5.01 Å². The van der Waals surface area contributed by atoms with E-state index in [2.05, 4.69) is 16.2 Å². The fourth-order valence-electron chi connectivity index (χ4n) is 2.89. The van der Waals surface area contributed by atoms with Crippen LogP contribution in [0.1, 0.15) is 22.3 Å². The van der Waals surface area contributed by atoms with Crippen LogP contribution in [-0.4, -0.2) is 17.1 Å². The molecule has 5 heteroatoms. The summed E-state index contributed by atoms with van der Waals surface area (Å²) in [5, 5.41) is 6.38. The fourth-order valence-corrected chi connectivity index (χ4v) is 3.92. The lowest BCUT2D eigenvalue weighted by molar-refractivity contribution is -0.114. The zero-order valence-corrected chi connectivity index (χ0v) is 17.6. The van der Waals surface area contributed by atoms with Gasteiger partial charge in [-0.2, -0.15) is 10.1 Å². The molecule has 4 rings (SSSR count). The summed E-state index contributed by atoms with van der Waals surface area (Å²) in [5.41, 5.74) is 5.06. The summed E-state index contributed by atoms with van der Waals surface area (Å²) in [6.07, 6.45) is 5.00. The summed E-state index contributed by atoms with van der Waals surface area (Å²) < 4.78 is 1.03. The molecule has 0 saturated carbocycles. The molecular weight excluding hydrogens is 390 g/mol. The van der Waals surface area contributed by atoms with E-state index in [0.717, 1.165) is 26.9 Å². The van der Waals surface area contributed by atoms with Gasteiger partial charge in [0.2, 0.25) is 5.13 Å². The predicted octanol–water partition coefficient (Wildman–Crippen LogP) is 5.99. The van der Waals surface area contributed by atoms with E-state index < -0.39 is 0 Å². The van der Waals surface area contributed by atoms with E-state index in [4.69, 9.17) is 0 Å². The maximum atomic E-state index is 13.0. The molecule has 0 atom stereocenters. The summed E-state index contributed by atoms with van der Waals surface area (Å²) in [7, 11) is 0. The first-order valence-corrected chi connectivity index (χ1v) is 10.5. The molecule has 4 aromatic rings. The van der Waals surface area contributed by atoms with Gasteiger partial charge in [-0.15, -0.1) is 0 Å². The van der Waals surface area contributed by atoms with Crippen molar-refractivity contribution in [3.05, 3.63) is 101 Å². The van der Waals surface area contributed by atoms with Crippen LogP contribution in [0.25, 0.3) is 16.3 Å². The molecule has 30 heavy (non-hydrogen) atoms. The van der Waals surface area contributed by atoms with Crippen LogP contribution in [0.4, 0.5) is 5.13 Å². The normalized spacial score (nSPS) is 11.5. The molecule has 0 saturated heterocycles. The molecule has 0 N–H and O–H groups in total. The summed E-state index contributed by atoms with van der Waals surface area (Å²) >= 11 is 1.45. The van der Waals surface area contributed by atoms with Crippen molar-refractivity contribution in [1.29, 1.82) is 0 Å². The summed E-state index contributed by atoms with van der Waals surface area (Å²) in [5.74, 6) is -0.252. The Morgan fingerprint density at radius 3 is 2.43 bits per heavy atom. The first-order chi connectivity index (χ1) is 14.6. The lowest BCUT2D eigenvalue weighted by Crippen LogP contribution is -2.23. The van der Waals surface area contributed by atoms with Crippen molar-refractivity contribution in [2.45, 2.75) is 13.8 Å². The molecule has 148 valence electrons. The number of aryl methyl sites for hydroxylation is 2. The van der Waals surface area contributed by atoms with Gasteiger partial charge < -0.3 is 0 Å². The molecule has 3 aromatic carbocycles. The highest BCUT2D eigenvalue weighted by atomic mass is 32.1. The number of anilines is 1. The Kier molecular flexibility index (Phi) is 5.82. The molecule has 0 aliphatic heterocycles. The van der Waals surface area contributed by atoms with Gasteiger partial charge >= 0.3 is 0 Å². The van der Waals surface area contributed by atoms with Gasteiger partial charge in [0, 0.05) is 6.08 Å². The third-order valence-electron chi connectivity index (χ3n) is 4.54. The molecule has 0 spiro atoms. The van der Waals surface area contributed by atoms with Crippen molar-refractivity contribution in [2.24, 2.45) is 5.10 Å². The Bertz CT molecular complexity index is 1220. The summed E-state index contributed by atoms with van der Waals surface area (Å²) in [6.45, 7) is 4.08. The SMILES string of the molecule is Cc1ccc(/C=N/N(C(=O)/C=C/c2ccccc2)c2nc3ccc(C)cc3s2)cc1. The zero-order valence-electron chi connectivity index (χ0n) is 16.8. The van der Waals surface area contributed by atoms with Crippen molar-refractivity contribution in [3.8, 4) is 0 Å². The van der Waals surface area contributed by atoms with E-state index in [1.807, 2.05) is 80.6 Å². The number of thiazole rings is 1. The summed E-state index contributed by atoms with van der Waals surface area (Å²) in [6, 6.07) is 23.8. The van der Waals surface area contributed by atoms with Crippen LogP contribution in [-0.2, 0) is 4.79 Å². The number of fused-ring (bicyclic) bond motifs is 1. The molecule has 1 heterocycles. The van der Waals surface area contributed by atoms with E-state index in [1.54, 1.807) is 12.3 Å². The predicted molar refractivity (Wildman–Crippen MR) is 126 cm³/mol. The van der Waals surface area contributed by atoms with E-state index in [1.165, 1.54) is 28.0 Å². The van der Waals surface area contributed by atoms with E-state index in [0.29, 0.717) is 5.13 Å². The van der Waals surface area contributed by atoms with E-state index in [9.17, 15) is 4.79 Å². The minimum absolute atomic E-state index is 0.252. The highest BCUT2D eigenvalue weighted by Gasteiger charge is 2.17. The Morgan fingerprint density at radius 2 is 1.67 bits per heavy atom. The second kappa shape index (κ2) is 8.84. The monoisotopic (exact) mass is 411 g/mol. The third-order valence-corrected chi connectivity index (χ3v) is 5.53. The van der Waals surface area contributed by atoms with Gasteiger partial charge in [0.1, 0.15) is 0 Å². The number of benzene rings is 3. The van der Waals surface area contributed by atoms with E-state index in [-0.39, 0.29) is 5.91 Å². The Balaban J connectivity index is 1.68. The fraction of sp³-hybridized carbons (Fsp3) is 0.0800. The third kappa shape index (κ3) is 4.70. The van der Waals surface area contributed by atoms with Gasteiger partial charge in [-0.25, -0.2) is 4.98 Å². The van der Waals surface area contributed by atoms with Gasteiger partial charge in [-0.3, -0.25) is 4.79 Å². The number of aromatic nitrogens is 1. The highest BCUT2D eigenvalue weighted by Crippen LogP contribution is 2.30. The molecule has 0 bridgehead atoms. The van der Waals surface area contributed by atoms with Gasteiger partial charge in [0.25, 0.3) is 5.91 Å². The van der Waals surface area contributed by atoms with Crippen molar-refractivity contribution < 1.29 is 4.79 Å². The Labute approximate surface area is 179 Å². The highest BCUT2D eigenvalue weighted by molar-refractivity contribution is 7.22. The average Bonchev–Trinajstić information content (AvgIpc) is 3.17. The minimum atomic E-state index is -0.252. The first-order valence-electron chi connectivity index (χ1n) is 9.63. The molecule has 4 nitrogen and oxygen atoms in total. The van der Waals surface area contributed by atoms with Crippen LogP contribution in [0.3, 0.4) is 0 Å². The second-order valence-electron chi connectivity index (χ2n) is 7.02. The first kappa shape index (κ1) is 19.7. The molecule has 1 amide bonds. The van der Waals surface area contributed by atoms with Gasteiger partial charge in [-0.1, -0.05) is 77.6 Å². The molecule has 0 unspecified atom stereocenters. The maximum absolute atomic E-state index is 13.0. The number of carbonyl (C=O) groups is 1. The van der Waals surface area contributed by atoms with Gasteiger partial charge in [-0.05, 0) is 48.7 Å². The lowest BCUT2D eigenvalue weighted by Gasteiger charge is -2.11. The number of hydrogen-bond acceptors (Lipinski definition) is 4. The van der Waals surface area contributed by atoms with Crippen LogP contribution in [0.15, 0.2) is 84.0 Å². The number of amides is 1. The Hall–Kier alpha value is -3.57. The minimum Gasteiger partial charge on any atom is -0.267 e. The van der Waals surface area contributed by atoms with Crippen LogP contribution in [0.5, 0.6) is 0 Å². The number of hydrogen-bond donors (Lipinski definition) is 0. The van der Waals surface area contributed by atoms with Crippen LogP contribution in [0, 0.1) is 13.8 Å². The zero-order chi connectivity index (χ0) is 20.9. The standard InChI is InChI=1S/C25H21N3OS/c1-18-8-11-21(12-9-18)17-26-28(24(29)15-13-20-6-4-3-5-7-20)25-27-22-14-10-19(2)16-23(22)30-25/h3-17H,1-2H3/b15-13+,26-17+. The molecule has 0 fully saturated rings. The van der Waals surface area contributed by atoms with Gasteiger partial charge in [0.05, 0.1) is 16.4 Å². The van der Waals surface area contributed by atoms with Crippen molar-refractivity contribution in [1.82, 2.24) is 4.98 Å². The second-order valence-corrected chi connectivity index (χ2v) is 8.03. The number of hydrazone groups is 1. The van der Waals surface area contributed by atoms with Crippen molar-refractivity contribution >= 4 is 44.9 Å². The summed E-state index contributed by atoms with van der Waals surface area (Å²) in [4.78, 5) is 17.7. The molecule has 0 radical (unpaired) electrons. The van der Waals surface area contributed by atoms with Crippen molar-refractivity contribution in [2.75, 3.05) is 5.01 Å². The molecule has 0 aliphatic carbocycles. The molecule has 0 aliphatic rings. The Morgan fingerprint density at radius 1 is 0.933 bits per heavy atom. The molecule has 1 aromatic heterocycles. The quantitative estimate of drug-likeness (QED) is 0.230.